The molecule has 20 heavy (non-hydrogen) atoms. The number of hydrogen-bond donors (Lipinski definition) is 1. The van der Waals surface area contributed by atoms with Crippen LogP contribution in [-0.2, 0) is 6.54 Å². The highest BCUT2D eigenvalue weighted by Gasteiger charge is 2.04. The number of nitrogens with two attached hydrogens (primary N) is 1. The largest absolute Gasteiger partial charge is 0.369 e. The number of aromatic nitrogens is 2. The number of anilines is 1. The molecule has 3 nitrogen and oxygen atoms in total. The second kappa shape index (κ2) is 5.21. The van der Waals surface area contributed by atoms with Crippen molar-refractivity contribution in [3.05, 3.63) is 72.1 Å². The van der Waals surface area contributed by atoms with Crippen LogP contribution in [-0.4, -0.2) is 9.55 Å². The SMILES string of the molecule is Cc1cnc(N)n1Cc1ccc(-c2ccccc2)cc1. The quantitative estimate of drug-likeness (QED) is 0.786. The van der Waals surface area contributed by atoms with E-state index in [0.717, 1.165) is 12.2 Å². The zero-order valence-electron chi connectivity index (χ0n) is 11.5. The molecular formula is C17H17N3. The third-order valence-corrected chi connectivity index (χ3v) is 3.49. The van der Waals surface area contributed by atoms with Gasteiger partial charge in [0.05, 0.1) is 12.7 Å². The first kappa shape index (κ1) is 12.5. The van der Waals surface area contributed by atoms with Crippen molar-refractivity contribution in [1.82, 2.24) is 9.55 Å². The van der Waals surface area contributed by atoms with Gasteiger partial charge in [-0.05, 0) is 23.6 Å². The molecule has 0 aliphatic rings. The van der Waals surface area contributed by atoms with Crippen LogP contribution >= 0.6 is 0 Å². The Balaban J connectivity index is 1.84. The van der Waals surface area contributed by atoms with Gasteiger partial charge in [0, 0.05) is 5.69 Å². The van der Waals surface area contributed by atoms with Crippen molar-refractivity contribution >= 4 is 5.95 Å². The van der Waals surface area contributed by atoms with Gasteiger partial charge in [0.25, 0.3) is 0 Å². The molecule has 0 aliphatic heterocycles. The van der Waals surface area contributed by atoms with Crippen LogP contribution in [0.15, 0.2) is 60.8 Å². The Labute approximate surface area is 118 Å². The van der Waals surface area contributed by atoms with Gasteiger partial charge >= 0.3 is 0 Å². The Bertz CT molecular complexity index is 677. The van der Waals surface area contributed by atoms with E-state index in [1.807, 2.05) is 17.6 Å². The molecule has 3 aromatic rings. The minimum Gasteiger partial charge on any atom is -0.369 e. The van der Waals surface area contributed by atoms with Crippen molar-refractivity contribution in [3.8, 4) is 11.1 Å². The van der Waals surface area contributed by atoms with Gasteiger partial charge in [-0.15, -0.1) is 0 Å². The average Bonchev–Trinajstić information content (AvgIpc) is 2.81. The summed E-state index contributed by atoms with van der Waals surface area (Å²) in [5.41, 5.74) is 10.6. The molecule has 0 bridgehead atoms. The zero-order valence-corrected chi connectivity index (χ0v) is 11.5. The first-order valence-electron chi connectivity index (χ1n) is 6.66. The predicted octanol–water partition coefficient (Wildman–Crippen LogP) is 3.49. The van der Waals surface area contributed by atoms with E-state index in [9.17, 15) is 0 Å². The highest BCUT2D eigenvalue weighted by atomic mass is 15.1. The number of hydrogen-bond acceptors (Lipinski definition) is 2. The van der Waals surface area contributed by atoms with E-state index < -0.39 is 0 Å². The molecule has 1 aromatic heterocycles. The van der Waals surface area contributed by atoms with Crippen LogP contribution in [0.1, 0.15) is 11.3 Å². The summed E-state index contributed by atoms with van der Waals surface area (Å²) in [5, 5.41) is 0. The molecule has 0 fully saturated rings. The van der Waals surface area contributed by atoms with Crippen molar-refractivity contribution in [1.29, 1.82) is 0 Å². The topological polar surface area (TPSA) is 43.8 Å². The fourth-order valence-electron chi connectivity index (χ4n) is 2.30. The van der Waals surface area contributed by atoms with Gasteiger partial charge in [0.15, 0.2) is 0 Å². The maximum Gasteiger partial charge on any atom is 0.200 e. The molecule has 3 rings (SSSR count). The van der Waals surface area contributed by atoms with E-state index in [1.165, 1.54) is 16.7 Å². The maximum absolute atomic E-state index is 5.86. The lowest BCUT2D eigenvalue weighted by Crippen LogP contribution is -2.06. The molecule has 100 valence electrons. The molecule has 0 spiro atoms. The number of rotatable bonds is 3. The Morgan fingerprint density at radius 1 is 0.950 bits per heavy atom. The summed E-state index contributed by atoms with van der Waals surface area (Å²) >= 11 is 0. The van der Waals surface area contributed by atoms with Gasteiger partial charge in [-0.1, -0.05) is 54.6 Å². The summed E-state index contributed by atoms with van der Waals surface area (Å²) in [6.07, 6.45) is 1.80. The van der Waals surface area contributed by atoms with Crippen LogP contribution < -0.4 is 5.73 Å². The smallest absolute Gasteiger partial charge is 0.200 e. The van der Waals surface area contributed by atoms with Crippen LogP contribution in [0.25, 0.3) is 11.1 Å². The van der Waals surface area contributed by atoms with E-state index >= 15 is 0 Å². The number of benzene rings is 2. The molecule has 0 unspecified atom stereocenters. The van der Waals surface area contributed by atoms with Crippen LogP contribution in [0.4, 0.5) is 5.95 Å². The Kier molecular flexibility index (Phi) is 3.25. The molecule has 1 heterocycles. The standard InChI is InChI=1S/C17H17N3/c1-13-11-19-17(18)20(13)12-14-7-9-16(10-8-14)15-5-3-2-4-6-15/h2-11H,12H2,1H3,(H2,18,19). The molecule has 0 radical (unpaired) electrons. The normalized spacial score (nSPS) is 10.7. The Hall–Kier alpha value is -2.55. The maximum atomic E-state index is 5.86. The van der Waals surface area contributed by atoms with Crippen molar-refractivity contribution in [2.24, 2.45) is 0 Å². The van der Waals surface area contributed by atoms with Gasteiger partial charge in [0.1, 0.15) is 0 Å². The second-order valence-corrected chi connectivity index (χ2v) is 4.91. The lowest BCUT2D eigenvalue weighted by molar-refractivity contribution is 0.783. The first-order valence-corrected chi connectivity index (χ1v) is 6.66. The van der Waals surface area contributed by atoms with Crippen molar-refractivity contribution in [3.63, 3.8) is 0 Å². The summed E-state index contributed by atoms with van der Waals surface area (Å²) in [7, 11) is 0. The predicted molar refractivity (Wildman–Crippen MR) is 82.4 cm³/mol. The molecule has 0 saturated heterocycles. The number of nitrogen functional groups attached to an aromatic ring is 1. The van der Waals surface area contributed by atoms with E-state index in [2.05, 4.69) is 53.5 Å². The summed E-state index contributed by atoms with van der Waals surface area (Å²) < 4.78 is 2.01. The molecule has 0 saturated carbocycles. The third-order valence-electron chi connectivity index (χ3n) is 3.49. The van der Waals surface area contributed by atoms with Crippen molar-refractivity contribution in [2.45, 2.75) is 13.5 Å². The number of aryl methyl sites for hydroxylation is 1. The van der Waals surface area contributed by atoms with Gasteiger partial charge < -0.3 is 10.3 Å². The van der Waals surface area contributed by atoms with Crippen molar-refractivity contribution in [2.75, 3.05) is 5.73 Å². The summed E-state index contributed by atoms with van der Waals surface area (Å²) in [4.78, 5) is 4.12. The molecule has 0 aliphatic carbocycles. The highest BCUT2D eigenvalue weighted by molar-refractivity contribution is 5.63. The minimum atomic E-state index is 0.564. The van der Waals surface area contributed by atoms with Crippen LogP contribution in [0, 0.1) is 6.92 Å². The van der Waals surface area contributed by atoms with Crippen LogP contribution in [0.3, 0.4) is 0 Å². The summed E-state index contributed by atoms with van der Waals surface area (Å²) in [5.74, 6) is 0.564. The summed E-state index contributed by atoms with van der Waals surface area (Å²) in [6.45, 7) is 2.77. The Morgan fingerprint density at radius 2 is 1.60 bits per heavy atom. The summed E-state index contributed by atoms with van der Waals surface area (Å²) in [6, 6.07) is 18.9. The van der Waals surface area contributed by atoms with Gasteiger partial charge in [-0.2, -0.15) is 0 Å². The van der Waals surface area contributed by atoms with Gasteiger partial charge in [-0.25, -0.2) is 4.98 Å². The second-order valence-electron chi connectivity index (χ2n) is 4.91. The van der Waals surface area contributed by atoms with E-state index in [1.54, 1.807) is 6.20 Å². The minimum absolute atomic E-state index is 0.564. The molecule has 3 heteroatoms. The van der Waals surface area contributed by atoms with Gasteiger partial charge in [0.2, 0.25) is 5.95 Å². The molecule has 2 N–H and O–H groups in total. The van der Waals surface area contributed by atoms with Crippen LogP contribution in [0.2, 0.25) is 0 Å². The zero-order chi connectivity index (χ0) is 13.9. The Morgan fingerprint density at radius 3 is 2.20 bits per heavy atom. The monoisotopic (exact) mass is 263 g/mol. The van der Waals surface area contributed by atoms with E-state index in [4.69, 9.17) is 5.73 Å². The fourth-order valence-corrected chi connectivity index (χ4v) is 2.30. The lowest BCUT2D eigenvalue weighted by Gasteiger charge is -2.08. The van der Waals surface area contributed by atoms with Crippen LogP contribution in [0.5, 0.6) is 0 Å². The fraction of sp³-hybridized carbons (Fsp3) is 0.118. The third kappa shape index (κ3) is 2.43. The van der Waals surface area contributed by atoms with E-state index in [-0.39, 0.29) is 0 Å². The highest BCUT2D eigenvalue weighted by Crippen LogP contribution is 2.20. The first-order chi connectivity index (χ1) is 9.74. The molecule has 0 atom stereocenters. The van der Waals surface area contributed by atoms with E-state index in [0.29, 0.717) is 5.95 Å². The average molecular weight is 263 g/mol. The van der Waals surface area contributed by atoms with Gasteiger partial charge in [-0.3, -0.25) is 0 Å². The molecule has 2 aromatic carbocycles. The van der Waals surface area contributed by atoms with Crippen molar-refractivity contribution < 1.29 is 0 Å². The molecular weight excluding hydrogens is 246 g/mol. The molecule has 0 amide bonds. The number of nitrogens with zero attached hydrogens (tertiary/aromatic N) is 2. The lowest BCUT2D eigenvalue weighted by atomic mass is 10.0. The number of imidazole rings is 1.